The van der Waals surface area contributed by atoms with E-state index in [1.165, 1.54) is 11.1 Å². The molecule has 0 saturated heterocycles. The maximum Gasteiger partial charge on any atom is 0.231 e. The van der Waals surface area contributed by atoms with Gasteiger partial charge < -0.3 is 15.2 Å². The first-order valence-corrected chi connectivity index (χ1v) is 7.08. The number of fused-ring (bicyclic) bond motifs is 1. The zero-order valence-electron chi connectivity index (χ0n) is 12.1. The van der Waals surface area contributed by atoms with E-state index in [4.69, 9.17) is 15.2 Å². The van der Waals surface area contributed by atoms with Crippen molar-refractivity contribution in [2.24, 2.45) is 0 Å². The van der Waals surface area contributed by atoms with Crippen LogP contribution in [0, 0.1) is 0 Å². The third-order valence-electron chi connectivity index (χ3n) is 3.28. The van der Waals surface area contributed by atoms with Gasteiger partial charge in [-0.25, -0.2) is 0 Å². The second-order valence-electron chi connectivity index (χ2n) is 4.84. The van der Waals surface area contributed by atoms with Crippen LogP contribution in [0.2, 0.25) is 0 Å². The molecule has 0 amide bonds. The van der Waals surface area contributed by atoms with Gasteiger partial charge in [0.25, 0.3) is 0 Å². The van der Waals surface area contributed by atoms with E-state index in [9.17, 15) is 0 Å². The van der Waals surface area contributed by atoms with Crippen molar-refractivity contribution < 1.29 is 9.47 Å². The summed E-state index contributed by atoms with van der Waals surface area (Å²) in [6.07, 6.45) is 0. The summed E-state index contributed by atoms with van der Waals surface area (Å²) in [5.41, 5.74) is 8.75. The van der Waals surface area contributed by atoms with Crippen LogP contribution in [0.25, 0.3) is 11.1 Å². The number of benzene rings is 3. The monoisotopic (exact) mass is 291 g/mol. The fourth-order valence-electron chi connectivity index (χ4n) is 2.17. The number of nitrogen functional groups attached to an aromatic ring is 1. The van der Waals surface area contributed by atoms with Crippen LogP contribution in [-0.2, 0) is 0 Å². The summed E-state index contributed by atoms with van der Waals surface area (Å²) in [6, 6.07) is 26.1. The maximum atomic E-state index is 5.50. The molecule has 3 nitrogen and oxygen atoms in total. The summed E-state index contributed by atoms with van der Waals surface area (Å²) < 4.78 is 10.2. The molecule has 0 fully saturated rings. The molecular weight excluding hydrogens is 274 g/mol. The van der Waals surface area contributed by atoms with E-state index < -0.39 is 0 Å². The van der Waals surface area contributed by atoms with Crippen molar-refractivity contribution in [3.63, 3.8) is 0 Å². The first-order valence-electron chi connectivity index (χ1n) is 7.08. The number of nitrogens with two attached hydrogens (primary N) is 1. The lowest BCUT2D eigenvalue weighted by Crippen LogP contribution is -1.92. The molecule has 1 aliphatic heterocycles. The summed E-state index contributed by atoms with van der Waals surface area (Å²) in [7, 11) is 0. The van der Waals surface area contributed by atoms with Gasteiger partial charge in [-0.05, 0) is 23.3 Å². The maximum absolute atomic E-state index is 5.50. The van der Waals surface area contributed by atoms with Gasteiger partial charge in [-0.1, -0.05) is 60.7 Å². The Labute approximate surface area is 129 Å². The highest BCUT2D eigenvalue weighted by molar-refractivity contribution is 5.62. The van der Waals surface area contributed by atoms with Crippen molar-refractivity contribution in [2.75, 3.05) is 12.5 Å². The Kier molecular flexibility index (Phi) is 4.25. The molecule has 1 heterocycles. The molecule has 4 rings (SSSR count). The summed E-state index contributed by atoms with van der Waals surface area (Å²) in [5.74, 6) is 1.51. The van der Waals surface area contributed by atoms with Gasteiger partial charge in [0, 0.05) is 11.8 Å². The third-order valence-corrected chi connectivity index (χ3v) is 3.28. The molecule has 0 bridgehead atoms. The van der Waals surface area contributed by atoms with Gasteiger partial charge in [-0.15, -0.1) is 0 Å². The summed E-state index contributed by atoms with van der Waals surface area (Å²) in [5, 5.41) is 0. The number of rotatable bonds is 1. The Morgan fingerprint density at radius 3 is 1.77 bits per heavy atom. The van der Waals surface area contributed by atoms with E-state index in [1.54, 1.807) is 18.2 Å². The summed E-state index contributed by atoms with van der Waals surface area (Å²) in [4.78, 5) is 0. The molecule has 0 saturated carbocycles. The SMILES string of the molecule is Nc1ccc2c(c1)OCO2.c1ccc(-c2ccccc2)cc1. The molecule has 0 aliphatic carbocycles. The Bertz CT molecular complexity index is 689. The first kappa shape index (κ1) is 14.0. The molecule has 3 aromatic carbocycles. The van der Waals surface area contributed by atoms with Gasteiger partial charge >= 0.3 is 0 Å². The molecule has 3 aromatic rings. The molecule has 22 heavy (non-hydrogen) atoms. The average Bonchev–Trinajstić information content (AvgIpc) is 3.05. The van der Waals surface area contributed by atoms with Gasteiger partial charge in [0.05, 0.1) is 0 Å². The zero-order valence-corrected chi connectivity index (χ0v) is 12.1. The van der Waals surface area contributed by atoms with Crippen LogP contribution in [0.15, 0.2) is 78.9 Å². The average molecular weight is 291 g/mol. The van der Waals surface area contributed by atoms with E-state index in [1.807, 2.05) is 12.1 Å². The van der Waals surface area contributed by atoms with E-state index in [0.717, 1.165) is 11.5 Å². The lowest BCUT2D eigenvalue weighted by atomic mass is 10.1. The molecule has 0 unspecified atom stereocenters. The first-order chi connectivity index (χ1) is 10.8. The predicted octanol–water partition coefficient (Wildman–Crippen LogP) is 4.35. The zero-order chi connectivity index (χ0) is 15.2. The van der Waals surface area contributed by atoms with Crippen molar-refractivity contribution in [2.45, 2.75) is 0 Å². The fraction of sp³-hybridized carbons (Fsp3) is 0.0526. The Morgan fingerprint density at radius 1 is 0.636 bits per heavy atom. The molecule has 0 aromatic heterocycles. The van der Waals surface area contributed by atoms with Gasteiger partial charge in [-0.2, -0.15) is 0 Å². The van der Waals surface area contributed by atoms with Gasteiger partial charge in [0.15, 0.2) is 11.5 Å². The van der Waals surface area contributed by atoms with E-state index >= 15 is 0 Å². The molecule has 0 radical (unpaired) electrons. The standard InChI is InChI=1S/C12H10.C7H7NO2/c1-3-7-11(8-4-1)12-9-5-2-6-10-12;8-5-1-2-6-7(3-5)10-4-9-6/h1-10H;1-3H,4,8H2. The molecule has 0 spiro atoms. The quantitative estimate of drug-likeness (QED) is 0.678. The Balaban J connectivity index is 0.000000133. The van der Waals surface area contributed by atoms with Crippen LogP contribution >= 0.6 is 0 Å². The minimum atomic E-state index is 0.304. The van der Waals surface area contributed by atoms with Gasteiger partial charge in [-0.3, -0.25) is 0 Å². The highest BCUT2D eigenvalue weighted by atomic mass is 16.7. The highest BCUT2D eigenvalue weighted by Gasteiger charge is 2.11. The molecule has 1 aliphatic rings. The van der Waals surface area contributed by atoms with Crippen LogP contribution < -0.4 is 15.2 Å². The lowest BCUT2D eigenvalue weighted by molar-refractivity contribution is 0.174. The van der Waals surface area contributed by atoms with Crippen LogP contribution in [0.5, 0.6) is 11.5 Å². The van der Waals surface area contributed by atoms with E-state index in [2.05, 4.69) is 48.5 Å². The second kappa shape index (κ2) is 6.68. The Morgan fingerprint density at radius 2 is 1.18 bits per heavy atom. The van der Waals surface area contributed by atoms with E-state index in [-0.39, 0.29) is 0 Å². The third kappa shape index (κ3) is 3.38. The van der Waals surface area contributed by atoms with Crippen LogP contribution in [0.4, 0.5) is 5.69 Å². The molecule has 3 heteroatoms. The number of hydrogen-bond donors (Lipinski definition) is 1. The molecule has 2 N–H and O–H groups in total. The predicted molar refractivity (Wildman–Crippen MR) is 88.9 cm³/mol. The summed E-state index contributed by atoms with van der Waals surface area (Å²) >= 11 is 0. The second-order valence-corrected chi connectivity index (χ2v) is 4.84. The number of hydrogen-bond acceptors (Lipinski definition) is 3. The molecular formula is C19H17NO2. The lowest BCUT2D eigenvalue weighted by Gasteiger charge is -1.98. The van der Waals surface area contributed by atoms with Crippen molar-refractivity contribution in [3.05, 3.63) is 78.9 Å². The smallest absolute Gasteiger partial charge is 0.231 e. The Hall–Kier alpha value is -2.94. The van der Waals surface area contributed by atoms with Crippen molar-refractivity contribution in [3.8, 4) is 22.6 Å². The fourth-order valence-corrected chi connectivity index (χ4v) is 2.17. The van der Waals surface area contributed by atoms with Gasteiger partial charge in [0.1, 0.15) is 0 Å². The highest BCUT2D eigenvalue weighted by Crippen LogP contribution is 2.32. The van der Waals surface area contributed by atoms with E-state index in [0.29, 0.717) is 12.5 Å². The molecule has 0 atom stereocenters. The minimum Gasteiger partial charge on any atom is -0.454 e. The van der Waals surface area contributed by atoms with Crippen molar-refractivity contribution in [1.82, 2.24) is 0 Å². The van der Waals surface area contributed by atoms with Gasteiger partial charge in [0.2, 0.25) is 6.79 Å². The number of ether oxygens (including phenoxy) is 2. The molecule has 110 valence electrons. The summed E-state index contributed by atoms with van der Waals surface area (Å²) in [6.45, 7) is 0.304. The van der Waals surface area contributed by atoms with Crippen molar-refractivity contribution in [1.29, 1.82) is 0 Å². The normalized spacial score (nSPS) is 11.5. The topological polar surface area (TPSA) is 44.5 Å². The van der Waals surface area contributed by atoms with Crippen LogP contribution in [0.1, 0.15) is 0 Å². The van der Waals surface area contributed by atoms with Crippen LogP contribution in [0.3, 0.4) is 0 Å². The largest absolute Gasteiger partial charge is 0.454 e. The van der Waals surface area contributed by atoms with Crippen LogP contribution in [-0.4, -0.2) is 6.79 Å². The minimum absolute atomic E-state index is 0.304. The number of anilines is 1. The van der Waals surface area contributed by atoms with Crippen molar-refractivity contribution >= 4 is 5.69 Å².